The molecule has 0 radical (unpaired) electrons. The number of ether oxygens (including phenoxy) is 1. The fourth-order valence-electron chi connectivity index (χ4n) is 3.38. The smallest absolute Gasteiger partial charge is 0.257 e. The van der Waals surface area contributed by atoms with E-state index in [1.807, 2.05) is 44.2 Å². The minimum atomic E-state index is -0.311. The first-order valence-corrected chi connectivity index (χ1v) is 9.57. The van der Waals surface area contributed by atoms with Crippen molar-refractivity contribution in [2.24, 2.45) is 5.10 Å². The first-order chi connectivity index (χ1) is 13.5. The Kier molecular flexibility index (Phi) is 6.41. The van der Waals surface area contributed by atoms with E-state index in [1.165, 1.54) is 12.1 Å². The van der Waals surface area contributed by atoms with Crippen molar-refractivity contribution < 1.29 is 13.9 Å². The second-order valence-corrected chi connectivity index (χ2v) is 6.75. The quantitative estimate of drug-likeness (QED) is 0.729. The topological polar surface area (TPSA) is 45.1 Å². The van der Waals surface area contributed by atoms with E-state index in [0.717, 1.165) is 24.4 Å². The zero-order valence-electron chi connectivity index (χ0n) is 16.6. The highest BCUT2D eigenvalue weighted by atomic mass is 19.1. The molecule has 2 aromatic carbocycles. The summed E-state index contributed by atoms with van der Waals surface area (Å²) in [7, 11) is 1.62. The summed E-state index contributed by atoms with van der Waals surface area (Å²) < 4.78 is 18.9. The third kappa shape index (κ3) is 4.39. The molecule has 1 amide bonds. The SMILES string of the molecule is CCN(CC)CC(=O)N1N=C(c2cccc(F)c2)C[C@H]1c1ccc(OC)cc1. The number of hydrogen-bond donors (Lipinski definition) is 0. The van der Waals surface area contributed by atoms with E-state index in [1.54, 1.807) is 18.2 Å². The lowest BCUT2D eigenvalue weighted by Crippen LogP contribution is -2.38. The Morgan fingerprint density at radius 2 is 1.93 bits per heavy atom. The molecule has 5 nitrogen and oxygen atoms in total. The molecule has 0 N–H and O–H groups in total. The van der Waals surface area contributed by atoms with Crippen LogP contribution in [0.25, 0.3) is 0 Å². The van der Waals surface area contributed by atoms with Crippen molar-refractivity contribution in [1.82, 2.24) is 9.91 Å². The Morgan fingerprint density at radius 3 is 2.54 bits per heavy atom. The molecule has 28 heavy (non-hydrogen) atoms. The number of benzene rings is 2. The molecule has 6 heteroatoms. The monoisotopic (exact) mass is 383 g/mol. The molecule has 0 spiro atoms. The predicted octanol–water partition coefficient (Wildman–Crippen LogP) is 3.85. The summed E-state index contributed by atoms with van der Waals surface area (Å²) in [5.41, 5.74) is 2.40. The van der Waals surface area contributed by atoms with Gasteiger partial charge in [-0.15, -0.1) is 0 Å². The number of carbonyl (C=O) groups excluding carboxylic acids is 1. The third-order valence-corrected chi connectivity index (χ3v) is 5.08. The molecule has 1 aliphatic rings. The first-order valence-electron chi connectivity index (χ1n) is 9.57. The molecule has 1 atom stereocenters. The van der Waals surface area contributed by atoms with E-state index in [0.29, 0.717) is 24.2 Å². The van der Waals surface area contributed by atoms with Crippen LogP contribution in [0.2, 0.25) is 0 Å². The summed E-state index contributed by atoms with van der Waals surface area (Å²) in [6.45, 7) is 5.96. The summed E-state index contributed by atoms with van der Waals surface area (Å²) in [4.78, 5) is 15.1. The standard InChI is InChI=1S/C22H26FN3O2/c1-4-25(5-2)15-22(27)26-21(16-9-11-19(28-3)12-10-16)14-20(24-26)17-7-6-8-18(23)13-17/h6-13,21H,4-5,14-15H2,1-3H3/t21-/m0/s1. The number of nitrogens with zero attached hydrogens (tertiary/aromatic N) is 3. The zero-order valence-corrected chi connectivity index (χ0v) is 16.6. The highest BCUT2D eigenvalue weighted by molar-refractivity contribution is 6.03. The molecule has 0 aliphatic carbocycles. The van der Waals surface area contributed by atoms with Gasteiger partial charge >= 0.3 is 0 Å². The average Bonchev–Trinajstić information content (AvgIpc) is 3.17. The van der Waals surface area contributed by atoms with Crippen LogP contribution in [-0.4, -0.2) is 48.3 Å². The Morgan fingerprint density at radius 1 is 1.21 bits per heavy atom. The van der Waals surface area contributed by atoms with Crippen molar-refractivity contribution in [3.63, 3.8) is 0 Å². The fourth-order valence-corrected chi connectivity index (χ4v) is 3.38. The van der Waals surface area contributed by atoms with Crippen molar-refractivity contribution in [3.8, 4) is 5.75 Å². The second-order valence-electron chi connectivity index (χ2n) is 6.75. The number of likely N-dealkylation sites (N-methyl/N-ethyl adjacent to an activating group) is 1. The van der Waals surface area contributed by atoms with Gasteiger partial charge in [0.05, 0.1) is 25.4 Å². The van der Waals surface area contributed by atoms with Crippen LogP contribution in [0.5, 0.6) is 5.75 Å². The molecule has 0 saturated heterocycles. The Hall–Kier alpha value is -2.73. The van der Waals surface area contributed by atoms with Gasteiger partial charge in [0.1, 0.15) is 11.6 Å². The molecular formula is C22H26FN3O2. The van der Waals surface area contributed by atoms with Gasteiger partial charge in [-0.3, -0.25) is 9.69 Å². The van der Waals surface area contributed by atoms with Crippen LogP contribution in [0.15, 0.2) is 53.6 Å². The van der Waals surface area contributed by atoms with Crippen molar-refractivity contribution in [2.45, 2.75) is 26.3 Å². The number of hydrazone groups is 1. The molecule has 2 aromatic rings. The van der Waals surface area contributed by atoms with Gasteiger partial charge in [0, 0.05) is 12.0 Å². The van der Waals surface area contributed by atoms with Crippen molar-refractivity contribution in [3.05, 3.63) is 65.5 Å². The Bertz CT molecular complexity index is 847. The van der Waals surface area contributed by atoms with E-state index in [4.69, 9.17) is 4.74 Å². The number of amides is 1. The first kappa shape index (κ1) is 20.0. The predicted molar refractivity (Wildman–Crippen MR) is 108 cm³/mol. The summed E-state index contributed by atoms with van der Waals surface area (Å²) in [5.74, 6) is 0.388. The van der Waals surface area contributed by atoms with Crippen LogP contribution in [0, 0.1) is 5.82 Å². The van der Waals surface area contributed by atoms with Crippen LogP contribution in [0.1, 0.15) is 37.4 Å². The van der Waals surface area contributed by atoms with Gasteiger partial charge in [-0.2, -0.15) is 5.10 Å². The van der Waals surface area contributed by atoms with E-state index in [2.05, 4.69) is 10.0 Å². The Balaban J connectivity index is 1.91. The molecule has 0 fully saturated rings. The lowest BCUT2D eigenvalue weighted by Gasteiger charge is -2.25. The Labute approximate surface area is 165 Å². The average molecular weight is 383 g/mol. The molecule has 0 bridgehead atoms. The van der Waals surface area contributed by atoms with Gasteiger partial charge < -0.3 is 4.74 Å². The normalized spacial score (nSPS) is 16.4. The van der Waals surface area contributed by atoms with Gasteiger partial charge in [0.25, 0.3) is 5.91 Å². The highest BCUT2D eigenvalue weighted by Crippen LogP contribution is 2.33. The highest BCUT2D eigenvalue weighted by Gasteiger charge is 2.33. The van der Waals surface area contributed by atoms with Gasteiger partial charge in [-0.25, -0.2) is 9.40 Å². The maximum atomic E-state index is 13.7. The van der Waals surface area contributed by atoms with Crippen LogP contribution in [-0.2, 0) is 4.79 Å². The summed E-state index contributed by atoms with van der Waals surface area (Å²) >= 11 is 0. The summed E-state index contributed by atoms with van der Waals surface area (Å²) in [6, 6.07) is 13.8. The maximum absolute atomic E-state index is 13.7. The number of methoxy groups -OCH3 is 1. The van der Waals surface area contributed by atoms with E-state index in [-0.39, 0.29) is 17.8 Å². The number of halogens is 1. The maximum Gasteiger partial charge on any atom is 0.257 e. The molecule has 0 saturated carbocycles. The second kappa shape index (κ2) is 8.97. The van der Waals surface area contributed by atoms with Crippen LogP contribution >= 0.6 is 0 Å². The van der Waals surface area contributed by atoms with Crippen molar-refractivity contribution in [1.29, 1.82) is 0 Å². The molecule has 0 aromatic heterocycles. The lowest BCUT2D eigenvalue weighted by molar-refractivity contribution is -0.134. The lowest BCUT2D eigenvalue weighted by atomic mass is 9.98. The van der Waals surface area contributed by atoms with Gasteiger partial charge in [0.15, 0.2) is 0 Å². The largest absolute Gasteiger partial charge is 0.497 e. The number of hydrogen-bond acceptors (Lipinski definition) is 4. The molecule has 1 heterocycles. The van der Waals surface area contributed by atoms with Gasteiger partial charge in [-0.1, -0.05) is 38.1 Å². The van der Waals surface area contributed by atoms with Crippen LogP contribution in [0.4, 0.5) is 4.39 Å². The molecule has 3 rings (SSSR count). The fraction of sp³-hybridized carbons (Fsp3) is 0.364. The van der Waals surface area contributed by atoms with E-state index in [9.17, 15) is 9.18 Å². The number of rotatable bonds is 7. The van der Waals surface area contributed by atoms with Crippen LogP contribution < -0.4 is 4.74 Å². The van der Waals surface area contributed by atoms with Gasteiger partial charge in [0.2, 0.25) is 0 Å². The minimum Gasteiger partial charge on any atom is -0.497 e. The minimum absolute atomic E-state index is 0.0593. The summed E-state index contributed by atoms with van der Waals surface area (Å²) in [6.07, 6.45) is 0.541. The van der Waals surface area contributed by atoms with Crippen molar-refractivity contribution in [2.75, 3.05) is 26.7 Å². The zero-order chi connectivity index (χ0) is 20.1. The van der Waals surface area contributed by atoms with Crippen molar-refractivity contribution >= 4 is 11.6 Å². The van der Waals surface area contributed by atoms with Gasteiger partial charge in [-0.05, 0) is 42.9 Å². The van der Waals surface area contributed by atoms with E-state index < -0.39 is 0 Å². The molecule has 1 aliphatic heterocycles. The molecule has 148 valence electrons. The third-order valence-electron chi connectivity index (χ3n) is 5.08. The summed E-state index contributed by atoms with van der Waals surface area (Å²) in [5, 5.41) is 6.15. The van der Waals surface area contributed by atoms with E-state index >= 15 is 0 Å². The van der Waals surface area contributed by atoms with Crippen LogP contribution in [0.3, 0.4) is 0 Å². The number of carbonyl (C=O) groups is 1. The molecule has 0 unspecified atom stereocenters. The molecular weight excluding hydrogens is 357 g/mol.